The minimum atomic E-state index is -0.494. The maximum absolute atomic E-state index is 14.0. The molecule has 1 unspecified atom stereocenters. The van der Waals surface area contributed by atoms with Gasteiger partial charge in [-0.25, -0.2) is 4.98 Å². The molecule has 0 aliphatic carbocycles. The van der Waals surface area contributed by atoms with Crippen LogP contribution in [0.15, 0.2) is 69.2 Å². The molecule has 0 bridgehead atoms. The van der Waals surface area contributed by atoms with E-state index in [2.05, 4.69) is 0 Å². The molecule has 2 N–H and O–H groups in total. The lowest BCUT2D eigenvalue weighted by Gasteiger charge is -2.35. The number of aromatic nitrogens is 2. The predicted molar refractivity (Wildman–Crippen MR) is 158 cm³/mol. The van der Waals surface area contributed by atoms with E-state index in [-0.39, 0.29) is 23.0 Å². The van der Waals surface area contributed by atoms with Gasteiger partial charge in [-0.05, 0) is 67.6 Å². The van der Waals surface area contributed by atoms with Crippen LogP contribution >= 0.6 is 22.9 Å². The van der Waals surface area contributed by atoms with Crippen molar-refractivity contribution in [2.24, 2.45) is 11.7 Å². The van der Waals surface area contributed by atoms with Gasteiger partial charge in [-0.2, -0.15) is 0 Å². The highest BCUT2D eigenvalue weighted by molar-refractivity contribution is 7.09. The number of thiophene rings is 1. The van der Waals surface area contributed by atoms with Crippen LogP contribution < -0.4 is 11.3 Å². The molecule has 1 atom stereocenters. The van der Waals surface area contributed by atoms with Crippen molar-refractivity contribution in [2.45, 2.75) is 39.8 Å². The number of carbonyl (C=O) groups is 1. The van der Waals surface area contributed by atoms with Crippen LogP contribution in [0.2, 0.25) is 5.02 Å². The minimum Gasteiger partial charge on any atom is -0.448 e. The number of benzene rings is 2. The van der Waals surface area contributed by atoms with Gasteiger partial charge >= 0.3 is 0 Å². The first-order chi connectivity index (χ1) is 18.8. The summed E-state index contributed by atoms with van der Waals surface area (Å²) in [5.41, 5.74) is 8.42. The summed E-state index contributed by atoms with van der Waals surface area (Å²) in [5, 5.41) is 3.17. The second kappa shape index (κ2) is 11.3. The van der Waals surface area contributed by atoms with Crippen molar-refractivity contribution in [2.75, 3.05) is 13.1 Å². The van der Waals surface area contributed by atoms with Crippen LogP contribution in [0, 0.1) is 12.8 Å². The molecule has 0 radical (unpaired) electrons. The molecule has 0 saturated carbocycles. The van der Waals surface area contributed by atoms with Crippen LogP contribution in [-0.2, 0) is 6.54 Å². The number of hydrogen-bond donors (Lipinski definition) is 1. The van der Waals surface area contributed by atoms with Crippen LogP contribution in [0.3, 0.4) is 0 Å². The summed E-state index contributed by atoms with van der Waals surface area (Å²) < 4.78 is 7.65. The minimum absolute atomic E-state index is 0.0575. The third-order valence-electron chi connectivity index (χ3n) is 6.85. The Hall–Kier alpha value is -3.46. The first-order valence-corrected chi connectivity index (χ1v) is 14.3. The van der Waals surface area contributed by atoms with Gasteiger partial charge in [0.15, 0.2) is 0 Å². The van der Waals surface area contributed by atoms with Gasteiger partial charge in [0.1, 0.15) is 16.9 Å². The van der Waals surface area contributed by atoms with E-state index in [1.807, 2.05) is 67.4 Å². The van der Waals surface area contributed by atoms with Gasteiger partial charge in [0.25, 0.3) is 11.5 Å². The summed E-state index contributed by atoms with van der Waals surface area (Å²) in [6.07, 6.45) is 0.614. The average Bonchev–Trinajstić information content (AvgIpc) is 3.56. The molecule has 5 aromatic rings. The number of fused-ring (bicyclic) bond motifs is 3. The number of carbonyl (C=O) groups excluding carboxylic acids is 1. The Kier molecular flexibility index (Phi) is 7.88. The Labute approximate surface area is 235 Å². The molecule has 0 fully saturated rings. The van der Waals surface area contributed by atoms with E-state index in [1.165, 1.54) is 0 Å². The average molecular weight is 563 g/mol. The summed E-state index contributed by atoms with van der Waals surface area (Å²) in [6.45, 7) is 7.25. The quantitative estimate of drug-likeness (QED) is 0.224. The SMILES string of the molecule is Cc1ccc(C(=O)N(CCCN)C(c2nc3c(oc4ccc(Cl)cc43)c(=O)n2Cc2cccs2)C(C)C)cc1. The highest BCUT2D eigenvalue weighted by Gasteiger charge is 2.33. The molecule has 202 valence electrons. The first-order valence-electron chi connectivity index (χ1n) is 13.0. The molecule has 0 aliphatic rings. The molecule has 3 heterocycles. The molecule has 0 spiro atoms. The molecule has 7 nitrogen and oxygen atoms in total. The molecule has 5 rings (SSSR count). The largest absolute Gasteiger partial charge is 0.448 e. The standard InChI is InChI=1S/C30H31ClN4O3S/c1-18(2)26(34(14-5-13-32)29(36)20-9-7-19(3)8-10-20)28-33-25-23-16-21(31)11-12-24(23)38-27(25)30(37)35(28)17-22-6-4-15-39-22/h4,6-12,15-16,18,26H,5,13-14,17,32H2,1-3H3. The summed E-state index contributed by atoms with van der Waals surface area (Å²) in [5.74, 6) is 0.327. The van der Waals surface area contributed by atoms with Gasteiger partial charge in [-0.3, -0.25) is 14.2 Å². The zero-order valence-electron chi connectivity index (χ0n) is 22.2. The van der Waals surface area contributed by atoms with E-state index >= 15 is 0 Å². The molecule has 9 heteroatoms. The maximum atomic E-state index is 14.0. The second-order valence-electron chi connectivity index (χ2n) is 10.1. The molecule has 1 amide bonds. The van der Waals surface area contributed by atoms with E-state index in [4.69, 9.17) is 26.7 Å². The van der Waals surface area contributed by atoms with Gasteiger partial charge in [-0.15, -0.1) is 11.3 Å². The lowest BCUT2D eigenvalue weighted by Crippen LogP contribution is -2.42. The van der Waals surface area contributed by atoms with Gasteiger partial charge in [0.05, 0.1) is 12.6 Å². The Morgan fingerprint density at radius 3 is 2.62 bits per heavy atom. The van der Waals surface area contributed by atoms with Crippen LogP contribution in [0.5, 0.6) is 0 Å². The molecule has 2 aromatic carbocycles. The fourth-order valence-electron chi connectivity index (χ4n) is 4.94. The van der Waals surface area contributed by atoms with Crippen molar-refractivity contribution in [1.29, 1.82) is 0 Å². The van der Waals surface area contributed by atoms with Crippen molar-refractivity contribution in [1.82, 2.24) is 14.5 Å². The predicted octanol–water partition coefficient (Wildman–Crippen LogP) is 6.40. The van der Waals surface area contributed by atoms with E-state index in [0.29, 0.717) is 59.0 Å². The molecular formula is C30H31ClN4O3S. The number of nitrogens with zero attached hydrogens (tertiary/aromatic N) is 3. The van der Waals surface area contributed by atoms with E-state index in [9.17, 15) is 9.59 Å². The van der Waals surface area contributed by atoms with Gasteiger partial charge < -0.3 is 15.1 Å². The normalized spacial score (nSPS) is 12.5. The smallest absolute Gasteiger partial charge is 0.297 e. The number of amides is 1. The molecule has 0 saturated heterocycles. The van der Waals surface area contributed by atoms with E-state index in [1.54, 1.807) is 34.1 Å². The van der Waals surface area contributed by atoms with Crippen molar-refractivity contribution < 1.29 is 9.21 Å². The third kappa shape index (κ3) is 5.37. The maximum Gasteiger partial charge on any atom is 0.297 e. The Bertz CT molecular complexity index is 1670. The van der Waals surface area contributed by atoms with Crippen LogP contribution in [0.4, 0.5) is 0 Å². The number of nitrogens with two attached hydrogens (primary N) is 1. The summed E-state index contributed by atoms with van der Waals surface area (Å²) in [6, 6.07) is 16.2. The molecular weight excluding hydrogens is 532 g/mol. The number of rotatable bonds is 9. The first kappa shape index (κ1) is 27.1. The molecule has 3 aromatic heterocycles. The summed E-state index contributed by atoms with van der Waals surface area (Å²) in [4.78, 5) is 35.9. The van der Waals surface area contributed by atoms with Crippen LogP contribution in [0.1, 0.15) is 52.9 Å². The van der Waals surface area contributed by atoms with Gasteiger partial charge in [0.2, 0.25) is 5.58 Å². The Morgan fingerprint density at radius 2 is 1.95 bits per heavy atom. The number of hydrogen-bond acceptors (Lipinski definition) is 6. The summed E-state index contributed by atoms with van der Waals surface area (Å²) in [7, 11) is 0. The second-order valence-corrected chi connectivity index (χ2v) is 11.5. The highest BCUT2D eigenvalue weighted by Crippen LogP contribution is 2.33. The summed E-state index contributed by atoms with van der Waals surface area (Å²) >= 11 is 7.87. The molecule has 0 aliphatic heterocycles. The monoisotopic (exact) mass is 562 g/mol. The van der Waals surface area contributed by atoms with E-state index < -0.39 is 6.04 Å². The topological polar surface area (TPSA) is 94.4 Å². The molecule has 39 heavy (non-hydrogen) atoms. The van der Waals surface area contributed by atoms with Crippen LogP contribution in [0.25, 0.3) is 22.1 Å². The van der Waals surface area contributed by atoms with Crippen molar-refractivity contribution >= 4 is 50.9 Å². The third-order valence-corrected chi connectivity index (χ3v) is 7.95. The van der Waals surface area contributed by atoms with Crippen molar-refractivity contribution in [3.05, 3.63) is 97.2 Å². The van der Waals surface area contributed by atoms with Crippen LogP contribution in [-0.4, -0.2) is 33.4 Å². The zero-order chi connectivity index (χ0) is 27.7. The lowest BCUT2D eigenvalue weighted by molar-refractivity contribution is 0.0603. The van der Waals surface area contributed by atoms with Gasteiger partial charge in [-0.1, -0.05) is 49.2 Å². The Balaban J connectivity index is 1.75. The Morgan fingerprint density at radius 1 is 1.18 bits per heavy atom. The number of halogens is 1. The fourth-order valence-corrected chi connectivity index (χ4v) is 5.80. The number of aryl methyl sites for hydroxylation is 1. The lowest BCUT2D eigenvalue weighted by atomic mass is 9.99. The zero-order valence-corrected chi connectivity index (χ0v) is 23.8. The number of furan rings is 1. The highest BCUT2D eigenvalue weighted by atomic mass is 35.5. The van der Waals surface area contributed by atoms with Crippen molar-refractivity contribution in [3.8, 4) is 0 Å². The van der Waals surface area contributed by atoms with Gasteiger partial charge in [0, 0.05) is 27.4 Å². The van der Waals surface area contributed by atoms with E-state index in [0.717, 1.165) is 10.4 Å². The van der Waals surface area contributed by atoms with Crippen molar-refractivity contribution in [3.63, 3.8) is 0 Å². The fraction of sp³-hybridized carbons (Fsp3) is 0.300.